The van der Waals surface area contributed by atoms with Crippen LogP contribution in [0.3, 0.4) is 0 Å². The summed E-state index contributed by atoms with van der Waals surface area (Å²) in [5.41, 5.74) is 0. The monoisotopic (exact) mass is 265 g/mol. The van der Waals surface area contributed by atoms with E-state index in [-0.39, 0.29) is 24.6 Å². The summed E-state index contributed by atoms with van der Waals surface area (Å²) < 4.78 is 43.4. The molecule has 7 heteroatoms. The lowest BCUT2D eigenvalue weighted by Gasteiger charge is -2.04. The minimum absolute atomic E-state index is 0.161. The summed E-state index contributed by atoms with van der Waals surface area (Å²) in [4.78, 5) is 0. The van der Waals surface area contributed by atoms with E-state index in [0.717, 1.165) is 0 Å². The fourth-order valence-corrected chi connectivity index (χ4v) is 2.47. The van der Waals surface area contributed by atoms with Gasteiger partial charge in [0, 0.05) is 0 Å². The molecule has 1 rings (SSSR count). The molecule has 0 aliphatic heterocycles. The zero-order valence-corrected chi connectivity index (χ0v) is 10.9. The van der Waals surface area contributed by atoms with Crippen LogP contribution in [0.1, 0.15) is 19.8 Å². The number of unbranched alkanes of at least 4 members (excludes halogenated alkanes) is 1. The largest absolute Gasteiger partial charge is 0.471 e. The van der Waals surface area contributed by atoms with E-state index in [1.165, 1.54) is 0 Å². The molecule has 0 saturated heterocycles. The Morgan fingerprint density at radius 2 is 2.18 bits per heavy atom. The number of hydrogen-bond donors (Lipinski definition) is 0. The van der Waals surface area contributed by atoms with Gasteiger partial charge in [0.1, 0.15) is 12.4 Å². The molecule has 0 N–H and O–H groups in total. The molecule has 0 bridgehead atoms. The van der Waals surface area contributed by atoms with Gasteiger partial charge in [0.25, 0.3) is 0 Å². The van der Waals surface area contributed by atoms with Crippen LogP contribution in [0.2, 0.25) is 0 Å². The molecule has 0 amide bonds. The Morgan fingerprint density at radius 3 is 2.76 bits per heavy atom. The molecular weight excluding hydrogens is 247 g/mol. The molecular formula is C10H18FN2O3S+. The smallest absolute Gasteiger partial charge is 0.308 e. The first-order valence-electron chi connectivity index (χ1n) is 5.53. The van der Waals surface area contributed by atoms with E-state index in [1.807, 2.05) is 6.92 Å². The number of aromatic nitrogens is 2. The highest BCUT2D eigenvalue weighted by Gasteiger charge is 2.23. The maximum atomic E-state index is 11.9. The lowest BCUT2D eigenvalue weighted by molar-refractivity contribution is -0.674. The van der Waals surface area contributed by atoms with Gasteiger partial charge in [0.05, 0.1) is 26.0 Å². The van der Waals surface area contributed by atoms with E-state index in [0.29, 0.717) is 6.54 Å². The third-order valence-electron chi connectivity index (χ3n) is 2.34. The summed E-state index contributed by atoms with van der Waals surface area (Å²) in [6.45, 7) is 2.01. The quantitative estimate of drug-likeness (QED) is 0.416. The maximum Gasteiger partial charge on any atom is 0.471 e. The number of hydrogen-bond acceptors (Lipinski definition) is 3. The molecule has 0 saturated carbocycles. The van der Waals surface area contributed by atoms with Crippen LogP contribution in [0.25, 0.3) is 0 Å². The lowest BCUT2D eigenvalue weighted by Crippen LogP contribution is -2.31. The van der Waals surface area contributed by atoms with Crippen molar-refractivity contribution in [2.45, 2.75) is 26.3 Å². The Labute approximate surface area is 101 Å². The summed E-state index contributed by atoms with van der Waals surface area (Å²) in [7, 11) is -1.93. The van der Waals surface area contributed by atoms with Crippen LogP contribution >= 0.6 is 0 Å². The van der Waals surface area contributed by atoms with E-state index >= 15 is 0 Å². The van der Waals surface area contributed by atoms with Crippen LogP contribution in [0.15, 0.2) is 12.4 Å². The highest BCUT2D eigenvalue weighted by molar-refractivity contribution is 7.87. The van der Waals surface area contributed by atoms with Gasteiger partial charge in [0.15, 0.2) is 0 Å². The normalized spacial score (nSPS) is 11.7. The maximum absolute atomic E-state index is 11.9. The van der Waals surface area contributed by atoms with Crippen molar-refractivity contribution in [1.29, 1.82) is 0 Å². The molecule has 1 heterocycles. The summed E-state index contributed by atoms with van der Waals surface area (Å²) >= 11 is 0. The molecule has 0 radical (unpaired) electrons. The Hall–Kier alpha value is -1.11. The van der Waals surface area contributed by atoms with Crippen molar-refractivity contribution < 1.29 is 21.6 Å². The van der Waals surface area contributed by atoms with Gasteiger partial charge in [-0.1, -0.05) is 0 Å². The Bertz CT molecular complexity index is 456. The molecule has 0 unspecified atom stereocenters. The summed E-state index contributed by atoms with van der Waals surface area (Å²) in [5.74, 6) is -0.161. The van der Waals surface area contributed by atoms with Gasteiger partial charge in [-0.3, -0.25) is 4.39 Å². The second-order valence-electron chi connectivity index (χ2n) is 3.72. The number of nitrogens with zero attached hydrogens (tertiary/aromatic N) is 2. The van der Waals surface area contributed by atoms with Crippen LogP contribution in [-0.2, 0) is 23.7 Å². The van der Waals surface area contributed by atoms with E-state index in [2.05, 4.69) is 0 Å². The molecule has 98 valence electrons. The number of alkyl halides is 1. The standard InChI is InChI=1S/C10H18FN2O3S/c1-3-13-8-7-12(2)10(13)16-17(14,15)9-5-4-6-11/h7-8H,3-6,9H2,1-2H3/q+1. The number of imidazole rings is 1. The third kappa shape index (κ3) is 3.99. The van der Waals surface area contributed by atoms with Crippen molar-refractivity contribution >= 4 is 10.1 Å². The SMILES string of the molecule is CCn1cc[n+](C)c1OS(=O)(=O)CCCCF. The van der Waals surface area contributed by atoms with E-state index in [1.54, 1.807) is 28.6 Å². The first-order valence-corrected chi connectivity index (χ1v) is 7.10. The summed E-state index contributed by atoms with van der Waals surface area (Å²) in [5, 5.41) is 0. The second kappa shape index (κ2) is 6.00. The molecule has 0 aliphatic carbocycles. The van der Waals surface area contributed by atoms with Crippen LogP contribution in [0.5, 0.6) is 6.01 Å². The van der Waals surface area contributed by atoms with Crippen molar-refractivity contribution in [2.75, 3.05) is 12.4 Å². The summed E-state index contributed by atoms with van der Waals surface area (Å²) in [6, 6.07) is 0.271. The topological polar surface area (TPSA) is 52.2 Å². The number of aryl methyl sites for hydroxylation is 2. The van der Waals surface area contributed by atoms with E-state index < -0.39 is 16.8 Å². The predicted molar refractivity (Wildman–Crippen MR) is 60.9 cm³/mol. The van der Waals surface area contributed by atoms with Gasteiger partial charge in [-0.2, -0.15) is 17.6 Å². The van der Waals surface area contributed by atoms with Crippen molar-refractivity contribution in [3.05, 3.63) is 12.4 Å². The van der Waals surface area contributed by atoms with Crippen molar-refractivity contribution in [1.82, 2.24) is 4.57 Å². The molecule has 17 heavy (non-hydrogen) atoms. The fraction of sp³-hybridized carbons (Fsp3) is 0.700. The molecule has 5 nitrogen and oxygen atoms in total. The van der Waals surface area contributed by atoms with Crippen molar-refractivity contribution in [3.8, 4) is 6.01 Å². The molecule has 0 aromatic carbocycles. The van der Waals surface area contributed by atoms with Crippen molar-refractivity contribution in [2.24, 2.45) is 7.05 Å². The third-order valence-corrected chi connectivity index (χ3v) is 3.53. The molecule has 1 aromatic heterocycles. The fourth-order valence-electron chi connectivity index (χ4n) is 1.39. The van der Waals surface area contributed by atoms with E-state index in [9.17, 15) is 12.8 Å². The number of rotatable bonds is 7. The first kappa shape index (κ1) is 14.0. The minimum Gasteiger partial charge on any atom is -0.308 e. The molecule has 0 aliphatic rings. The van der Waals surface area contributed by atoms with Gasteiger partial charge >= 0.3 is 16.1 Å². The molecule has 0 fully saturated rings. The number of halogens is 1. The zero-order valence-electron chi connectivity index (χ0n) is 10.1. The van der Waals surface area contributed by atoms with Crippen LogP contribution in [0.4, 0.5) is 4.39 Å². The van der Waals surface area contributed by atoms with Gasteiger partial charge in [0.2, 0.25) is 0 Å². The van der Waals surface area contributed by atoms with Crippen LogP contribution in [0, 0.1) is 0 Å². The van der Waals surface area contributed by atoms with Crippen LogP contribution in [-0.4, -0.2) is 25.4 Å². The predicted octanol–water partition coefficient (Wildman–Crippen LogP) is 0.791. The van der Waals surface area contributed by atoms with Gasteiger partial charge < -0.3 is 4.18 Å². The van der Waals surface area contributed by atoms with Gasteiger partial charge in [-0.25, -0.2) is 0 Å². The minimum atomic E-state index is -3.64. The Morgan fingerprint density at radius 1 is 1.47 bits per heavy atom. The molecule has 0 spiro atoms. The van der Waals surface area contributed by atoms with Gasteiger partial charge in [-0.15, -0.1) is 0 Å². The summed E-state index contributed by atoms with van der Waals surface area (Å²) in [6.07, 6.45) is 3.97. The van der Waals surface area contributed by atoms with E-state index in [4.69, 9.17) is 4.18 Å². The van der Waals surface area contributed by atoms with Crippen LogP contribution < -0.4 is 8.75 Å². The Kier molecular flexibility index (Phi) is 4.92. The highest BCUT2D eigenvalue weighted by Crippen LogP contribution is 2.09. The first-order chi connectivity index (χ1) is 8.00. The molecule has 1 aromatic rings. The molecule has 0 atom stereocenters. The van der Waals surface area contributed by atoms with Gasteiger partial charge in [-0.05, 0) is 19.8 Å². The average molecular weight is 265 g/mol. The zero-order chi connectivity index (χ0) is 12.9. The Balaban J connectivity index is 2.72. The second-order valence-corrected chi connectivity index (χ2v) is 5.41. The average Bonchev–Trinajstić information content (AvgIpc) is 2.60. The highest BCUT2D eigenvalue weighted by atomic mass is 32.2. The lowest BCUT2D eigenvalue weighted by atomic mass is 10.4. The van der Waals surface area contributed by atoms with Crippen molar-refractivity contribution in [3.63, 3.8) is 0 Å².